The molecular formula is C20H23ClN2O3. The molecule has 1 unspecified atom stereocenters. The lowest BCUT2D eigenvalue weighted by Gasteiger charge is -2.35. The molecule has 0 radical (unpaired) electrons. The Morgan fingerprint density at radius 2 is 1.81 bits per heavy atom. The van der Waals surface area contributed by atoms with Crippen LogP contribution in [0.3, 0.4) is 0 Å². The Morgan fingerprint density at radius 1 is 1.15 bits per heavy atom. The molecule has 138 valence electrons. The van der Waals surface area contributed by atoms with Crippen LogP contribution in [-0.2, 0) is 4.74 Å². The topological polar surface area (TPSA) is 50.8 Å². The molecule has 1 saturated heterocycles. The second-order valence-electron chi connectivity index (χ2n) is 6.15. The van der Waals surface area contributed by atoms with Crippen molar-refractivity contribution in [2.75, 3.05) is 40.0 Å². The number of nitrogens with zero attached hydrogens (tertiary/aromatic N) is 1. The quantitative estimate of drug-likeness (QED) is 0.843. The fourth-order valence-corrected chi connectivity index (χ4v) is 3.19. The molecule has 0 aromatic heterocycles. The van der Waals surface area contributed by atoms with Gasteiger partial charge in [-0.1, -0.05) is 23.7 Å². The van der Waals surface area contributed by atoms with Gasteiger partial charge in [-0.2, -0.15) is 0 Å². The maximum absolute atomic E-state index is 12.5. The first kappa shape index (κ1) is 18.7. The first-order valence-electron chi connectivity index (χ1n) is 8.67. The number of methoxy groups -OCH3 is 1. The highest BCUT2D eigenvalue weighted by Crippen LogP contribution is 2.23. The maximum Gasteiger partial charge on any atom is 0.251 e. The summed E-state index contributed by atoms with van der Waals surface area (Å²) in [6.07, 6.45) is 0. The fraction of sp³-hybridized carbons (Fsp3) is 0.350. The largest absolute Gasteiger partial charge is 0.497 e. The number of hydrogen-bond acceptors (Lipinski definition) is 4. The third-order valence-corrected chi connectivity index (χ3v) is 4.80. The van der Waals surface area contributed by atoms with Crippen molar-refractivity contribution in [1.82, 2.24) is 10.2 Å². The summed E-state index contributed by atoms with van der Waals surface area (Å²) in [6.45, 7) is 3.61. The van der Waals surface area contributed by atoms with Crippen molar-refractivity contribution in [2.45, 2.75) is 6.04 Å². The van der Waals surface area contributed by atoms with Crippen molar-refractivity contribution in [3.05, 3.63) is 64.7 Å². The van der Waals surface area contributed by atoms with Crippen molar-refractivity contribution in [3.8, 4) is 5.75 Å². The second-order valence-corrected chi connectivity index (χ2v) is 6.59. The molecule has 0 bridgehead atoms. The van der Waals surface area contributed by atoms with E-state index in [-0.39, 0.29) is 11.9 Å². The molecule has 1 heterocycles. The van der Waals surface area contributed by atoms with E-state index in [0.29, 0.717) is 30.3 Å². The zero-order chi connectivity index (χ0) is 18.4. The Bertz CT molecular complexity index is 713. The van der Waals surface area contributed by atoms with Crippen LogP contribution in [0.4, 0.5) is 0 Å². The third-order valence-electron chi connectivity index (χ3n) is 4.55. The van der Waals surface area contributed by atoms with E-state index < -0.39 is 0 Å². The SMILES string of the molecule is COc1ccc(C(=O)NCC(c2ccc(Cl)cc2)N2CCOCC2)cc1. The number of hydrogen-bond donors (Lipinski definition) is 1. The van der Waals surface area contributed by atoms with Gasteiger partial charge in [0.2, 0.25) is 0 Å². The van der Waals surface area contributed by atoms with E-state index in [0.717, 1.165) is 24.4 Å². The molecule has 6 heteroatoms. The van der Waals surface area contributed by atoms with Crippen molar-refractivity contribution in [2.24, 2.45) is 0 Å². The lowest BCUT2D eigenvalue weighted by atomic mass is 10.0. The smallest absolute Gasteiger partial charge is 0.251 e. The first-order chi connectivity index (χ1) is 12.7. The van der Waals surface area contributed by atoms with Crippen LogP contribution < -0.4 is 10.1 Å². The summed E-state index contributed by atoms with van der Waals surface area (Å²) in [4.78, 5) is 14.8. The van der Waals surface area contributed by atoms with Crippen molar-refractivity contribution < 1.29 is 14.3 Å². The van der Waals surface area contributed by atoms with E-state index >= 15 is 0 Å². The number of halogens is 1. The van der Waals surface area contributed by atoms with Crippen LogP contribution in [0.1, 0.15) is 22.0 Å². The minimum absolute atomic E-state index is 0.0818. The van der Waals surface area contributed by atoms with Crippen LogP contribution in [0, 0.1) is 0 Å². The number of rotatable bonds is 6. The van der Waals surface area contributed by atoms with Crippen LogP contribution in [0.15, 0.2) is 48.5 Å². The van der Waals surface area contributed by atoms with Crippen LogP contribution in [0.25, 0.3) is 0 Å². The Hall–Kier alpha value is -2.08. The lowest BCUT2D eigenvalue weighted by molar-refractivity contribution is 0.0162. The van der Waals surface area contributed by atoms with E-state index in [2.05, 4.69) is 10.2 Å². The predicted molar refractivity (Wildman–Crippen MR) is 102 cm³/mol. The van der Waals surface area contributed by atoms with Gasteiger partial charge >= 0.3 is 0 Å². The van der Waals surface area contributed by atoms with Crippen molar-refractivity contribution >= 4 is 17.5 Å². The Kier molecular flexibility index (Phi) is 6.50. The van der Waals surface area contributed by atoms with Crippen LogP contribution >= 0.6 is 11.6 Å². The van der Waals surface area contributed by atoms with Crippen LogP contribution in [-0.4, -0.2) is 50.8 Å². The summed E-state index contributed by atoms with van der Waals surface area (Å²) >= 11 is 6.02. The summed E-state index contributed by atoms with van der Waals surface area (Å²) in [5.74, 6) is 0.633. The number of nitrogens with one attached hydrogen (secondary N) is 1. The standard InChI is InChI=1S/C20H23ClN2O3/c1-25-18-8-4-16(5-9-18)20(24)22-14-19(23-10-12-26-13-11-23)15-2-6-17(21)7-3-15/h2-9,19H,10-14H2,1H3,(H,22,24). The van der Waals surface area contributed by atoms with Gasteiger partial charge in [-0.25, -0.2) is 0 Å². The Morgan fingerprint density at radius 3 is 2.42 bits per heavy atom. The van der Waals surface area contributed by atoms with Gasteiger partial charge in [0.15, 0.2) is 0 Å². The lowest BCUT2D eigenvalue weighted by Crippen LogP contribution is -2.43. The predicted octanol–water partition coefficient (Wildman–Crippen LogP) is 3.15. The minimum atomic E-state index is -0.0973. The number of amides is 1. The summed E-state index contributed by atoms with van der Waals surface area (Å²) in [5.41, 5.74) is 1.74. The molecule has 0 aliphatic carbocycles. The van der Waals surface area contributed by atoms with Gasteiger partial charge in [-0.15, -0.1) is 0 Å². The van der Waals surface area contributed by atoms with Gasteiger partial charge in [0.05, 0.1) is 26.4 Å². The summed E-state index contributed by atoms with van der Waals surface area (Å²) in [7, 11) is 1.61. The second kappa shape index (κ2) is 9.03. The molecule has 0 spiro atoms. The van der Waals surface area contributed by atoms with Crippen LogP contribution in [0.5, 0.6) is 5.75 Å². The first-order valence-corrected chi connectivity index (χ1v) is 9.04. The van der Waals surface area contributed by atoms with Gasteiger partial charge in [-0.3, -0.25) is 9.69 Å². The molecular weight excluding hydrogens is 352 g/mol. The maximum atomic E-state index is 12.5. The molecule has 26 heavy (non-hydrogen) atoms. The average Bonchev–Trinajstić information content (AvgIpc) is 2.70. The highest BCUT2D eigenvalue weighted by atomic mass is 35.5. The molecule has 2 aromatic rings. The molecule has 1 aliphatic heterocycles. The molecule has 5 nitrogen and oxygen atoms in total. The molecule has 1 amide bonds. The molecule has 2 aromatic carbocycles. The normalized spacial score (nSPS) is 16.1. The minimum Gasteiger partial charge on any atom is -0.497 e. The number of carbonyl (C=O) groups is 1. The molecule has 1 aliphatic rings. The highest BCUT2D eigenvalue weighted by Gasteiger charge is 2.23. The van der Waals surface area contributed by atoms with E-state index in [4.69, 9.17) is 21.1 Å². The Balaban J connectivity index is 1.70. The van der Waals surface area contributed by atoms with E-state index in [1.54, 1.807) is 31.4 Å². The highest BCUT2D eigenvalue weighted by molar-refractivity contribution is 6.30. The van der Waals surface area contributed by atoms with Gasteiger partial charge in [0, 0.05) is 30.2 Å². The number of ether oxygens (including phenoxy) is 2. The number of carbonyl (C=O) groups excluding carboxylic acids is 1. The summed E-state index contributed by atoms with van der Waals surface area (Å²) in [6, 6.07) is 15.0. The summed E-state index contributed by atoms with van der Waals surface area (Å²) < 4.78 is 10.6. The number of morpholine rings is 1. The zero-order valence-corrected chi connectivity index (χ0v) is 15.5. The monoisotopic (exact) mass is 374 g/mol. The van der Waals surface area contributed by atoms with E-state index in [9.17, 15) is 4.79 Å². The van der Waals surface area contributed by atoms with E-state index in [1.165, 1.54) is 0 Å². The van der Waals surface area contributed by atoms with Crippen LogP contribution in [0.2, 0.25) is 5.02 Å². The Labute approximate surface area is 158 Å². The zero-order valence-electron chi connectivity index (χ0n) is 14.8. The van der Waals surface area contributed by atoms with Crippen molar-refractivity contribution in [1.29, 1.82) is 0 Å². The van der Waals surface area contributed by atoms with Gasteiger partial charge < -0.3 is 14.8 Å². The third kappa shape index (κ3) is 4.75. The fourth-order valence-electron chi connectivity index (χ4n) is 3.07. The molecule has 3 rings (SSSR count). The number of benzene rings is 2. The molecule has 1 fully saturated rings. The molecule has 0 saturated carbocycles. The molecule has 1 N–H and O–H groups in total. The van der Waals surface area contributed by atoms with Gasteiger partial charge in [-0.05, 0) is 42.0 Å². The van der Waals surface area contributed by atoms with Gasteiger partial charge in [0.1, 0.15) is 5.75 Å². The average molecular weight is 375 g/mol. The van der Waals surface area contributed by atoms with E-state index in [1.807, 2.05) is 24.3 Å². The van der Waals surface area contributed by atoms with Crippen molar-refractivity contribution in [3.63, 3.8) is 0 Å². The van der Waals surface area contributed by atoms with Gasteiger partial charge in [0.25, 0.3) is 5.91 Å². The summed E-state index contributed by atoms with van der Waals surface area (Å²) in [5, 5.41) is 3.76. The molecule has 1 atom stereocenters.